The molecule has 0 aromatic carbocycles. The highest BCUT2D eigenvalue weighted by molar-refractivity contribution is 7.85. The van der Waals surface area contributed by atoms with Crippen LogP contribution < -0.4 is 5.73 Å². The Bertz CT molecular complexity index is 199. The first-order valence-corrected chi connectivity index (χ1v) is 5.28. The lowest BCUT2D eigenvalue weighted by molar-refractivity contribution is 0.0172. The van der Waals surface area contributed by atoms with Crippen LogP contribution >= 0.6 is 25.3 Å². The average molecular weight is 238 g/mol. The fraction of sp³-hybridized carbons (Fsp3) is 0.857. The molecular weight excluding hydrogens is 224 g/mol. The van der Waals surface area contributed by atoms with Gasteiger partial charge >= 0.3 is 6.09 Å². The first kappa shape index (κ1) is 12.0. The van der Waals surface area contributed by atoms with Crippen molar-refractivity contribution in [2.45, 2.75) is 10.8 Å². The fourth-order valence-electron chi connectivity index (χ4n) is 1.20. The molecule has 0 aromatic heterocycles. The molecule has 1 amide bonds. The lowest BCUT2D eigenvalue weighted by atomic mass is 10.4. The topological polar surface area (TPSA) is 64.8 Å². The van der Waals surface area contributed by atoms with Crippen LogP contribution in [0.2, 0.25) is 0 Å². The minimum Gasteiger partial charge on any atom is -0.433 e. The molecule has 82 valence electrons. The van der Waals surface area contributed by atoms with Gasteiger partial charge in [-0.25, -0.2) is 4.79 Å². The Hall–Kier alpha value is -0.110. The quantitative estimate of drug-likeness (QED) is 0.475. The SMILES string of the molecule is NC(=O)OC(S)C(S)N1CCOCC1. The minimum absolute atomic E-state index is 0.255. The molecule has 0 radical (unpaired) electrons. The van der Waals surface area contributed by atoms with Crippen LogP contribution in [0.25, 0.3) is 0 Å². The second kappa shape index (κ2) is 5.69. The second-order valence-electron chi connectivity index (χ2n) is 2.89. The third-order valence-electron chi connectivity index (χ3n) is 1.91. The highest BCUT2D eigenvalue weighted by Crippen LogP contribution is 2.16. The number of hydrogen-bond acceptors (Lipinski definition) is 6. The Labute approximate surface area is 93.7 Å². The number of nitrogens with two attached hydrogens (primary N) is 1. The Balaban J connectivity index is 2.37. The van der Waals surface area contributed by atoms with Crippen LogP contribution in [0.5, 0.6) is 0 Å². The molecule has 1 aliphatic rings. The Kier molecular flexibility index (Phi) is 4.86. The van der Waals surface area contributed by atoms with Gasteiger partial charge in [0, 0.05) is 13.1 Å². The van der Waals surface area contributed by atoms with Gasteiger partial charge in [0.2, 0.25) is 0 Å². The van der Waals surface area contributed by atoms with E-state index in [-0.39, 0.29) is 5.37 Å². The number of thiol groups is 2. The summed E-state index contributed by atoms with van der Waals surface area (Å²) in [4.78, 5) is 12.5. The van der Waals surface area contributed by atoms with Crippen molar-refractivity contribution in [3.63, 3.8) is 0 Å². The monoisotopic (exact) mass is 238 g/mol. The maximum absolute atomic E-state index is 10.5. The predicted octanol–water partition coefficient (Wildman–Crippen LogP) is -0.0743. The number of morpholine rings is 1. The number of primary amides is 1. The van der Waals surface area contributed by atoms with E-state index in [4.69, 9.17) is 15.2 Å². The maximum Gasteiger partial charge on any atom is 0.405 e. The van der Waals surface area contributed by atoms with Gasteiger partial charge in [0.15, 0.2) is 5.44 Å². The lowest BCUT2D eigenvalue weighted by Crippen LogP contribution is -2.46. The van der Waals surface area contributed by atoms with E-state index in [9.17, 15) is 4.79 Å². The molecule has 2 atom stereocenters. The van der Waals surface area contributed by atoms with Crippen molar-refractivity contribution in [1.29, 1.82) is 0 Å². The summed E-state index contributed by atoms with van der Waals surface area (Å²) in [5.41, 5.74) is 4.26. The van der Waals surface area contributed by atoms with Crippen LogP contribution in [0, 0.1) is 0 Å². The molecule has 0 saturated carbocycles. The lowest BCUT2D eigenvalue weighted by Gasteiger charge is -2.33. The fourth-order valence-corrected chi connectivity index (χ4v) is 1.79. The standard InChI is InChI=1S/C7H14N2O3S2/c8-7(10)12-6(14)5(13)9-1-3-11-4-2-9/h5-6,13-14H,1-4H2,(H2,8,10). The molecule has 0 aliphatic carbocycles. The highest BCUT2D eigenvalue weighted by Gasteiger charge is 2.25. The number of carbonyl (C=O) groups excluding carboxylic acids is 1. The molecule has 5 nitrogen and oxygen atoms in total. The van der Waals surface area contributed by atoms with Crippen molar-refractivity contribution in [2.24, 2.45) is 5.73 Å². The van der Waals surface area contributed by atoms with Crippen LogP contribution in [0.15, 0.2) is 0 Å². The smallest absolute Gasteiger partial charge is 0.405 e. The summed E-state index contributed by atoms with van der Waals surface area (Å²) >= 11 is 8.40. The molecule has 0 spiro atoms. The van der Waals surface area contributed by atoms with Gasteiger partial charge in [-0.05, 0) is 0 Å². The van der Waals surface area contributed by atoms with E-state index in [0.29, 0.717) is 13.2 Å². The first-order chi connectivity index (χ1) is 6.61. The molecule has 1 rings (SSSR count). The summed E-state index contributed by atoms with van der Waals surface area (Å²) in [6, 6.07) is 0. The number of carbonyl (C=O) groups is 1. The summed E-state index contributed by atoms with van der Waals surface area (Å²) in [7, 11) is 0. The van der Waals surface area contributed by atoms with Gasteiger partial charge in [-0.3, -0.25) is 4.90 Å². The Morgan fingerprint density at radius 1 is 1.43 bits per heavy atom. The largest absolute Gasteiger partial charge is 0.433 e. The summed E-state index contributed by atoms with van der Waals surface area (Å²) in [5.74, 6) is 0. The van der Waals surface area contributed by atoms with Gasteiger partial charge in [-0.1, -0.05) is 0 Å². The summed E-state index contributed by atoms with van der Waals surface area (Å²) in [6.07, 6.45) is -0.836. The molecular formula is C7H14N2O3S2. The average Bonchev–Trinajstić information content (AvgIpc) is 2.17. The van der Waals surface area contributed by atoms with E-state index < -0.39 is 11.5 Å². The Morgan fingerprint density at radius 2 is 2.00 bits per heavy atom. The molecule has 7 heteroatoms. The number of nitrogens with zero attached hydrogens (tertiary/aromatic N) is 1. The minimum atomic E-state index is -0.836. The van der Waals surface area contributed by atoms with Gasteiger partial charge < -0.3 is 15.2 Å². The third kappa shape index (κ3) is 3.56. The van der Waals surface area contributed by atoms with Gasteiger partial charge in [-0.2, -0.15) is 12.6 Å². The van der Waals surface area contributed by atoms with E-state index in [2.05, 4.69) is 25.3 Å². The van der Waals surface area contributed by atoms with E-state index in [0.717, 1.165) is 13.1 Å². The normalized spacial score (nSPS) is 22.7. The van der Waals surface area contributed by atoms with Crippen LogP contribution in [0.1, 0.15) is 0 Å². The molecule has 1 saturated heterocycles. The van der Waals surface area contributed by atoms with Crippen molar-refractivity contribution in [1.82, 2.24) is 4.90 Å². The highest BCUT2D eigenvalue weighted by atomic mass is 32.1. The molecule has 2 N–H and O–H groups in total. The number of amides is 1. The van der Waals surface area contributed by atoms with E-state index in [1.807, 2.05) is 4.90 Å². The first-order valence-electron chi connectivity index (χ1n) is 4.25. The van der Waals surface area contributed by atoms with Crippen molar-refractivity contribution < 1.29 is 14.3 Å². The third-order valence-corrected chi connectivity index (χ3v) is 3.13. The van der Waals surface area contributed by atoms with E-state index in [1.54, 1.807) is 0 Å². The van der Waals surface area contributed by atoms with Gasteiger partial charge in [0.1, 0.15) is 5.37 Å². The zero-order valence-electron chi connectivity index (χ0n) is 7.63. The number of ether oxygens (including phenoxy) is 2. The van der Waals surface area contributed by atoms with Crippen LogP contribution in [-0.4, -0.2) is 48.1 Å². The molecule has 0 bridgehead atoms. The van der Waals surface area contributed by atoms with Crippen LogP contribution in [0.3, 0.4) is 0 Å². The number of hydrogen-bond donors (Lipinski definition) is 3. The van der Waals surface area contributed by atoms with Gasteiger partial charge in [0.05, 0.1) is 13.2 Å². The molecule has 1 heterocycles. The van der Waals surface area contributed by atoms with Gasteiger partial charge in [-0.15, -0.1) is 12.6 Å². The Morgan fingerprint density at radius 3 is 2.50 bits per heavy atom. The molecule has 0 aromatic rings. The van der Waals surface area contributed by atoms with E-state index >= 15 is 0 Å². The van der Waals surface area contributed by atoms with Gasteiger partial charge in [0.25, 0.3) is 0 Å². The maximum atomic E-state index is 10.5. The second-order valence-corrected chi connectivity index (χ2v) is 3.93. The predicted molar refractivity (Wildman–Crippen MR) is 58.6 cm³/mol. The number of rotatable bonds is 3. The molecule has 14 heavy (non-hydrogen) atoms. The summed E-state index contributed by atoms with van der Waals surface area (Å²) in [6.45, 7) is 2.84. The van der Waals surface area contributed by atoms with Crippen molar-refractivity contribution in [3.8, 4) is 0 Å². The van der Waals surface area contributed by atoms with Crippen molar-refractivity contribution in [2.75, 3.05) is 26.3 Å². The zero-order chi connectivity index (χ0) is 10.6. The van der Waals surface area contributed by atoms with Crippen molar-refractivity contribution in [3.05, 3.63) is 0 Å². The molecule has 1 aliphatic heterocycles. The summed E-state index contributed by atoms with van der Waals surface area (Å²) in [5, 5.41) is -0.255. The molecule has 1 fully saturated rings. The van der Waals surface area contributed by atoms with Crippen LogP contribution in [0.4, 0.5) is 4.79 Å². The zero-order valence-corrected chi connectivity index (χ0v) is 9.42. The summed E-state index contributed by atoms with van der Waals surface area (Å²) < 4.78 is 9.89. The van der Waals surface area contributed by atoms with E-state index in [1.165, 1.54) is 0 Å². The van der Waals surface area contributed by atoms with Crippen LogP contribution in [-0.2, 0) is 9.47 Å². The molecule has 2 unspecified atom stereocenters. The van der Waals surface area contributed by atoms with Crippen molar-refractivity contribution >= 4 is 31.4 Å².